The molecule has 420 valence electrons. The molecule has 0 amide bonds. The van der Waals surface area contributed by atoms with Gasteiger partial charge in [-0.2, -0.15) is 33.7 Å². The van der Waals surface area contributed by atoms with Gasteiger partial charge in [-0.3, -0.25) is 23.0 Å². The highest BCUT2D eigenvalue weighted by Crippen LogP contribution is 2.54. The van der Waals surface area contributed by atoms with Crippen molar-refractivity contribution in [2.45, 2.75) is 89.7 Å². The van der Waals surface area contributed by atoms with E-state index in [9.17, 15) is 61.8 Å². The van der Waals surface area contributed by atoms with Crippen LogP contribution in [0.3, 0.4) is 0 Å². The summed E-state index contributed by atoms with van der Waals surface area (Å²) < 4.78 is 177. The largest absolute Gasteiger partial charge is 0.481 e. The van der Waals surface area contributed by atoms with Gasteiger partial charge in [-0.1, -0.05) is 50.3 Å². The number of carboxylic acids is 1. The first-order valence-corrected chi connectivity index (χ1v) is 29.8. The number of allylic oxidation sites excluding steroid dienone is 5. The minimum atomic E-state index is -5.09. The fraction of sp³-hybridized carbons (Fsp3) is 0.471. The maximum Gasteiger partial charge on any atom is 0.303 e. The zero-order valence-electron chi connectivity index (χ0n) is 43.0. The van der Waals surface area contributed by atoms with E-state index in [1.54, 1.807) is 44.2 Å². The number of fused-ring (bicyclic) bond motifs is 4. The number of aliphatic carboxylic acids is 1. The predicted octanol–water partition coefficient (Wildman–Crippen LogP) is 7.10. The zero-order chi connectivity index (χ0) is 56.3. The Morgan fingerprint density at radius 1 is 0.658 bits per heavy atom. The van der Waals surface area contributed by atoms with Crippen molar-refractivity contribution in [3.05, 3.63) is 101 Å². The van der Waals surface area contributed by atoms with Crippen LogP contribution in [-0.2, 0) is 84.5 Å². The Bertz CT molecular complexity index is 3280. The molecule has 76 heavy (non-hydrogen) atoms. The van der Waals surface area contributed by atoms with E-state index in [1.165, 1.54) is 26.4 Å². The molecule has 4 aromatic carbocycles. The molecule has 0 radical (unpaired) electrons. The van der Waals surface area contributed by atoms with Gasteiger partial charge in [0.1, 0.15) is 9.79 Å². The molecule has 5 N–H and O–H groups in total. The highest BCUT2D eigenvalue weighted by atomic mass is 32.2. The minimum Gasteiger partial charge on any atom is -0.481 e. The summed E-state index contributed by atoms with van der Waals surface area (Å²) in [7, 11) is -17.2. The molecule has 25 heteroatoms. The van der Waals surface area contributed by atoms with Crippen LogP contribution in [0, 0.1) is 6.92 Å². The van der Waals surface area contributed by atoms with Crippen LogP contribution in [0.5, 0.6) is 0 Å². The van der Waals surface area contributed by atoms with Gasteiger partial charge in [0.15, 0.2) is 0 Å². The van der Waals surface area contributed by atoms with Gasteiger partial charge in [0.2, 0.25) is 0 Å². The Morgan fingerprint density at radius 2 is 1.16 bits per heavy atom. The molecule has 0 spiro atoms. The van der Waals surface area contributed by atoms with Gasteiger partial charge in [0.05, 0.1) is 62.6 Å². The normalized spacial score (nSPS) is 16.8. The molecule has 0 aliphatic carbocycles. The van der Waals surface area contributed by atoms with Crippen molar-refractivity contribution in [2.75, 3.05) is 91.7 Å². The number of carboxylic acid groups (broad SMARTS) is 1. The van der Waals surface area contributed by atoms with E-state index < -0.39 is 76.9 Å². The molecule has 1 aliphatic heterocycles. The van der Waals surface area contributed by atoms with Crippen molar-refractivity contribution in [1.29, 1.82) is 0 Å². The summed E-state index contributed by atoms with van der Waals surface area (Å²) in [6, 6.07) is 9.68. The summed E-state index contributed by atoms with van der Waals surface area (Å²) in [6.07, 6.45) is 6.69. The van der Waals surface area contributed by atoms with E-state index in [4.69, 9.17) is 28.4 Å². The Labute approximate surface area is 444 Å². The van der Waals surface area contributed by atoms with Crippen LogP contribution in [-0.4, -0.2) is 150 Å². The number of methoxy groups -OCH3 is 2. The number of benzene rings is 4. The zero-order valence-corrected chi connectivity index (χ0v) is 46.3. The standard InChI is InChI=1S/C51H67NO20S4/c1-35-14-15-39-41(31-37(73(55,56)57)33-44(39)75(61,62)63)48(35)50(3,18-21-69-27-29-71-25-23-67-5)36(2)11-10-12-46-51(4,19-22-70-28-30-72-26-24-68-6)49-42-32-38(74(58,59)60)34-45(76(64,65)66)40(42)16-17-43(49)52(46)20-9-7-8-13-47(53)54/h10-12,14-17,31-34H,2,7-9,13,18-30H2,1,3-6H3,(H,53,54)(H,55,56,57)(H,58,59,60)(H,61,62,63)(H,64,65,66)/b11-10+,46-12+. The average Bonchev–Trinajstić information content (AvgIpc) is 3.57. The smallest absolute Gasteiger partial charge is 0.303 e. The Hall–Kier alpha value is -4.71. The molecule has 4 aromatic rings. The SMILES string of the molecule is C=C(/C=C/C=C1/N(CCCCCC(=O)O)c2ccc3c(S(=O)(=O)O)cc(S(=O)(=O)O)cc3c2C1(C)CCOCCOCCOC)C(C)(CCOCCOCCOC)c1c(C)ccc2c(S(=O)(=O)O)cc(S(=O)(=O)O)cc12. The highest BCUT2D eigenvalue weighted by molar-refractivity contribution is 7.87. The first kappa shape index (κ1) is 62.1. The number of nitrogens with zero attached hydrogens (tertiary/aromatic N) is 1. The second-order valence-corrected chi connectivity index (χ2v) is 24.2. The van der Waals surface area contributed by atoms with Crippen molar-refractivity contribution >= 4 is 73.7 Å². The molecule has 2 unspecified atom stereocenters. The van der Waals surface area contributed by atoms with Crippen LogP contribution >= 0.6 is 0 Å². The third-order valence-electron chi connectivity index (χ3n) is 13.4. The lowest BCUT2D eigenvalue weighted by molar-refractivity contribution is -0.137. The lowest BCUT2D eigenvalue weighted by atomic mass is 9.70. The molecular weight excluding hydrogens is 1070 g/mol. The van der Waals surface area contributed by atoms with E-state index in [0.717, 1.165) is 12.1 Å². The Balaban J connectivity index is 1.74. The lowest BCUT2D eigenvalue weighted by Crippen LogP contribution is -2.31. The van der Waals surface area contributed by atoms with Crippen molar-refractivity contribution < 1.29 is 90.2 Å². The number of carbonyl (C=O) groups is 1. The van der Waals surface area contributed by atoms with Gasteiger partial charge in [-0.15, -0.1) is 0 Å². The Morgan fingerprint density at radius 3 is 1.68 bits per heavy atom. The predicted molar refractivity (Wildman–Crippen MR) is 283 cm³/mol. The summed E-state index contributed by atoms with van der Waals surface area (Å²) in [5.74, 6) is -0.966. The lowest BCUT2D eigenvalue weighted by Gasteiger charge is -2.34. The number of hydrogen-bond acceptors (Lipinski definition) is 16. The van der Waals surface area contributed by atoms with Crippen molar-refractivity contribution in [1.82, 2.24) is 0 Å². The van der Waals surface area contributed by atoms with Gasteiger partial charge in [0, 0.05) is 73.4 Å². The molecule has 0 fully saturated rings. The van der Waals surface area contributed by atoms with Gasteiger partial charge in [-0.25, -0.2) is 0 Å². The Kier molecular flexibility index (Phi) is 21.5. The maximum atomic E-state index is 12.9. The second-order valence-electron chi connectivity index (χ2n) is 18.5. The van der Waals surface area contributed by atoms with Crippen molar-refractivity contribution in [3.8, 4) is 0 Å². The molecule has 0 bridgehead atoms. The van der Waals surface area contributed by atoms with Crippen molar-refractivity contribution in [3.63, 3.8) is 0 Å². The monoisotopic (exact) mass is 1140 g/mol. The van der Waals surface area contributed by atoms with Gasteiger partial charge >= 0.3 is 5.97 Å². The number of unbranched alkanes of at least 4 members (excludes halogenated alkanes) is 2. The topological polar surface area (TPSA) is 313 Å². The molecule has 5 rings (SSSR count). The van der Waals surface area contributed by atoms with Crippen LogP contribution in [0.4, 0.5) is 5.69 Å². The second kappa shape index (κ2) is 26.3. The fourth-order valence-corrected chi connectivity index (χ4v) is 12.2. The van der Waals surface area contributed by atoms with E-state index >= 15 is 0 Å². The summed E-state index contributed by atoms with van der Waals surface area (Å²) >= 11 is 0. The van der Waals surface area contributed by atoms with E-state index in [0.29, 0.717) is 91.5 Å². The third kappa shape index (κ3) is 15.3. The summed E-state index contributed by atoms with van der Waals surface area (Å²) in [5.41, 5.74) is 0.433. The van der Waals surface area contributed by atoms with E-state index in [2.05, 4.69) is 6.58 Å². The molecule has 0 saturated heterocycles. The molecular formula is C51H67NO20S4. The summed E-state index contributed by atoms with van der Waals surface area (Å²) in [4.78, 5) is 10.3. The molecule has 1 aliphatic rings. The quantitative estimate of drug-likeness (QED) is 0.0185. The van der Waals surface area contributed by atoms with Crippen LogP contribution in [0.2, 0.25) is 0 Å². The van der Waals surface area contributed by atoms with Crippen LogP contribution in [0.15, 0.2) is 104 Å². The number of hydrogen-bond donors (Lipinski definition) is 5. The summed E-state index contributed by atoms with van der Waals surface area (Å²) in [6.45, 7) is 12.4. The first-order valence-electron chi connectivity index (χ1n) is 24.1. The number of aryl methyl sites for hydroxylation is 1. The fourth-order valence-electron chi connectivity index (χ4n) is 9.52. The average molecular weight is 1140 g/mol. The number of anilines is 1. The molecule has 0 aromatic heterocycles. The number of rotatable bonds is 32. The van der Waals surface area contributed by atoms with Gasteiger partial charge in [0.25, 0.3) is 40.5 Å². The highest BCUT2D eigenvalue weighted by Gasteiger charge is 2.45. The van der Waals surface area contributed by atoms with Crippen LogP contribution in [0.1, 0.15) is 69.1 Å². The molecule has 21 nitrogen and oxygen atoms in total. The maximum absolute atomic E-state index is 12.9. The van der Waals surface area contributed by atoms with E-state index in [-0.39, 0.29) is 87.0 Å². The van der Waals surface area contributed by atoms with E-state index in [1.807, 2.05) is 11.8 Å². The minimum absolute atomic E-state index is 0.0433. The van der Waals surface area contributed by atoms with Crippen LogP contribution in [0.25, 0.3) is 21.5 Å². The van der Waals surface area contributed by atoms with Gasteiger partial charge < -0.3 is 38.4 Å². The molecule has 1 heterocycles. The summed E-state index contributed by atoms with van der Waals surface area (Å²) in [5, 5.41) is 9.43. The number of ether oxygens (including phenoxy) is 6. The molecule has 0 saturated carbocycles. The molecule has 2 atom stereocenters. The third-order valence-corrected chi connectivity index (χ3v) is 16.8. The van der Waals surface area contributed by atoms with Crippen LogP contribution < -0.4 is 4.90 Å². The first-order chi connectivity index (χ1) is 35.6. The van der Waals surface area contributed by atoms with Crippen molar-refractivity contribution in [2.24, 2.45) is 0 Å². The van der Waals surface area contributed by atoms with Gasteiger partial charge in [-0.05, 0) is 109 Å².